The second-order valence-corrected chi connectivity index (χ2v) is 5.43. The molecule has 0 amide bonds. The maximum Gasteiger partial charge on any atom is 0.0474 e. The van der Waals surface area contributed by atoms with E-state index in [1.807, 2.05) is 7.05 Å². The van der Waals surface area contributed by atoms with Crippen molar-refractivity contribution < 1.29 is 4.74 Å². The standard InChI is InChI=1S/C17H30N2O/c1-6-15-8-10-16(11-9-15)17(18-3)14(2)19(4)12-7-13-20-5/h8-11,14,17-18H,6-7,12-13H2,1-5H3. The Morgan fingerprint density at radius 2 is 1.90 bits per heavy atom. The first-order valence-corrected chi connectivity index (χ1v) is 7.59. The molecule has 0 saturated carbocycles. The summed E-state index contributed by atoms with van der Waals surface area (Å²) in [5, 5.41) is 3.45. The van der Waals surface area contributed by atoms with Crippen LogP contribution in [-0.2, 0) is 11.2 Å². The molecule has 0 saturated heterocycles. The number of benzene rings is 1. The maximum absolute atomic E-state index is 5.13. The molecule has 0 aliphatic rings. The second-order valence-electron chi connectivity index (χ2n) is 5.43. The van der Waals surface area contributed by atoms with Gasteiger partial charge in [-0.3, -0.25) is 0 Å². The fourth-order valence-corrected chi connectivity index (χ4v) is 2.56. The lowest BCUT2D eigenvalue weighted by Gasteiger charge is -2.32. The predicted octanol–water partition coefficient (Wildman–Crippen LogP) is 2.87. The first-order valence-electron chi connectivity index (χ1n) is 7.59. The zero-order valence-corrected chi connectivity index (χ0v) is 13.6. The van der Waals surface area contributed by atoms with Crippen molar-refractivity contribution in [3.63, 3.8) is 0 Å². The highest BCUT2D eigenvalue weighted by Gasteiger charge is 2.20. The quantitative estimate of drug-likeness (QED) is 0.703. The van der Waals surface area contributed by atoms with Crippen LogP contribution in [0.1, 0.15) is 37.4 Å². The largest absolute Gasteiger partial charge is 0.385 e. The molecule has 0 aromatic heterocycles. The SMILES string of the molecule is CCc1ccc(C(NC)C(C)N(C)CCCOC)cc1. The molecule has 0 spiro atoms. The highest BCUT2D eigenvalue weighted by Crippen LogP contribution is 2.20. The molecular weight excluding hydrogens is 248 g/mol. The molecule has 0 radical (unpaired) electrons. The molecule has 0 aliphatic carbocycles. The number of ether oxygens (including phenoxy) is 1. The average Bonchev–Trinajstić information content (AvgIpc) is 2.48. The van der Waals surface area contributed by atoms with E-state index in [0.29, 0.717) is 12.1 Å². The molecule has 2 atom stereocenters. The number of likely N-dealkylation sites (N-methyl/N-ethyl adjacent to an activating group) is 2. The van der Waals surface area contributed by atoms with Crippen molar-refractivity contribution in [2.45, 2.75) is 38.8 Å². The molecule has 3 heteroatoms. The number of nitrogens with zero attached hydrogens (tertiary/aromatic N) is 1. The fourth-order valence-electron chi connectivity index (χ4n) is 2.56. The van der Waals surface area contributed by atoms with E-state index in [2.05, 4.69) is 55.4 Å². The zero-order chi connectivity index (χ0) is 15.0. The normalized spacial score (nSPS) is 14.5. The van der Waals surface area contributed by atoms with Crippen molar-refractivity contribution in [1.29, 1.82) is 0 Å². The van der Waals surface area contributed by atoms with Crippen LogP contribution >= 0.6 is 0 Å². The summed E-state index contributed by atoms with van der Waals surface area (Å²) in [4.78, 5) is 2.40. The summed E-state index contributed by atoms with van der Waals surface area (Å²) >= 11 is 0. The van der Waals surface area contributed by atoms with Crippen molar-refractivity contribution >= 4 is 0 Å². The monoisotopic (exact) mass is 278 g/mol. The van der Waals surface area contributed by atoms with Crippen molar-refractivity contribution in [1.82, 2.24) is 10.2 Å². The van der Waals surface area contributed by atoms with Gasteiger partial charge < -0.3 is 15.0 Å². The molecule has 1 rings (SSSR count). The summed E-state index contributed by atoms with van der Waals surface area (Å²) in [7, 11) is 5.98. The Balaban J connectivity index is 2.67. The van der Waals surface area contributed by atoms with Gasteiger partial charge in [0.05, 0.1) is 0 Å². The van der Waals surface area contributed by atoms with Gasteiger partial charge in [-0.25, -0.2) is 0 Å². The fraction of sp³-hybridized carbons (Fsp3) is 0.647. The summed E-state index contributed by atoms with van der Waals surface area (Å²) in [6.07, 6.45) is 2.17. The first-order chi connectivity index (χ1) is 9.63. The van der Waals surface area contributed by atoms with Crippen LogP contribution in [-0.4, -0.2) is 45.3 Å². The van der Waals surface area contributed by atoms with Gasteiger partial charge in [0.15, 0.2) is 0 Å². The molecule has 0 aliphatic heterocycles. The van der Waals surface area contributed by atoms with Gasteiger partial charge in [0.25, 0.3) is 0 Å². The lowest BCUT2D eigenvalue weighted by molar-refractivity contribution is 0.157. The molecule has 0 fully saturated rings. The molecule has 2 unspecified atom stereocenters. The number of rotatable bonds is 9. The third kappa shape index (κ3) is 4.89. The van der Waals surface area contributed by atoms with Gasteiger partial charge in [-0.2, -0.15) is 0 Å². The Bertz CT molecular complexity index is 364. The summed E-state index contributed by atoms with van der Waals surface area (Å²) in [5.74, 6) is 0. The van der Waals surface area contributed by atoms with E-state index in [4.69, 9.17) is 4.74 Å². The topological polar surface area (TPSA) is 24.5 Å². The molecule has 0 bridgehead atoms. The van der Waals surface area contributed by atoms with Gasteiger partial charge in [-0.05, 0) is 45.0 Å². The van der Waals surface area contributed by atoms with Crippen LogP contribution in [0.5, 0.6) is 0 Å². The Morgan fingerprint density at radius 1 is 1.25 bits per heavy atom. The van der Waals surface area contributed by atoms with E-state index in [1.165, 1.54) is 11.1 Å². The van der Waals surface area contributed by atoms with Crippen molar-refractivity contribution in [2.75, 3.05) is 34.4 Å². The molecule has 0 heterocycles. The summed E-state index contributed by atoms with van der Waals surface area (Å²) in [5.41, 5.74) is 2.75. The lowest BCUT2D eigenvalue weighted by atomic mass is 9.98. The number of methoxy groups -OCH3 is 1. The lowest BCUT2D eigenvalue weighted by Crippen LogP contribution is -2.40. The third-order valence-corrected chi connectivity index (χ3v) is 4.10. The van der Waals surface area contributed by atoms with Crippen molar-refractivity contribution in [2.24, 2.45) is 0 Å². The van der Waals surface area contributed by atoms with E-state index in [9.17, 15) is 0 Å². The minimum absolute atomic E-state index is 0.355. The van der Waals surface area contributed by atoms with Crippen molar-refractivity contribution in [3.05, 3.63) is 35.4 Å². The average molecular weight is 278 g/mol. The van der Waals surface area contributed by atoms with Gasteiger partial charge in [0.2, 0.25) is 0 Å². The van der Waals surface area contributed by atoms with Crippen LogP contribution in [0.2, 0.25) is 0 Å². The molecule has 114 valence electrons. The van der Waals surface area contributed by atoms with E-state index < -0.39 is 0 Å². The van der Waals surface area contributed by atoms with Crippen LogP contribution in [0.15, 0.2) is 24.3 Å². The molecule has 1 aromatic carbocycles. The smallest absolute Gasteiger partial charge is 0.0474 e. The predicted molar refractivity (Wildman–Crippen MR) is 86.2 cm³/mol. The molecule has 20 heavy (non-hydrogen) atoms. The van der Waals surface area contributed by atoms with E-state index in [1.54, 1.807) is 7.11 Å². The Labute approximate surface area is 124 Å². The molecule has 1 N–H and O–H groups in total. The van der Waals surface area contributed by atoms with Crippen LogP contribution in [0, 0.1) is 0 Å². The van der Waals surface area contributed by atoms with Gasteiger partial charge in [0, 0.05) is 32.3 Å². The minimum Gasteiger partial charge on any atom is -0.385 e. The van der Waals surface area contributed by atoms with Gasteiger partial charge in [-0.15, -0.1) is 0 Å². The van der Waals surface area contributed by atoms with Gasteiger partial charge in [-0.1, -0.05) is 31.2 Å². The molecular formula is C17H30N2O. The second kappa shape index (κ2) is 9.11. The number of hydrogen-bond donors (Lipinski definition) is 1. The number of hydrogen-bond acceptors (Lipinski definition) is 3. The van der Waals surface area contributed by atoms with Crippen LogP contribution < -0.4 is 5.32 Å². The molecule has 1 aromatic rings. The summed E-state index contributed by atoms with van der Waals surface area (Å²) in [6.45, 7) is 6.35. The number of nitrogens with one attached hydrogen (secondary N) is 1. The van der Waals surface area contributed by atoms with Gasteiger partial charge >= 0.3 is 0 Å². The third-order valence-electron chi connectivity index (χ3n) is 4.10. The first kappa shape index (κ1) is 17.2. The Kier molecular flexibility index (Phi) is 7.82. The van der Waals surface area contributed by atoms with Crippen LogP contribution in [0.25, 0.3) is 0 Å². The van der Waals surface area contributed by atoms with Crippen molar-refractivity contribution in [3.8, 4) is 0 Å². The van der Waals surface area contributed by atoms with Crippen LogP contribution in [0.4, 0.5) is 0 Å². The highest BCUT2D eigenvalue weighted by atomic mass is 16.5. The van der Waals surface area contributed by atoms with E-state index >= 15 is 0 Å². The minimum atomic E-state index is 0.355. The Morgan fingerprint density at radius 3 is 2.40 bits per heavy atom. The maximum atomic E-state index is 5.13. The van der Waals surface area contributed by atoms with Gasteiger partial charge in [0.1, 0.15) is 0 Å². The van der Waals surface area contributed by atoms with E-state index in [-0.39, 0.29) is 0 Å². The highest BCUT2D eigenvalue weighted by molar-refractivity contribution is 5.26. The summed E-state index contributed by atoms with van der Waals surface area (Å²) < 4.78 is 5.13. The zero-order valence-electron chi connectivity index (χ0n) is 13.6. The van der Waals surface area contributed by atoms with E-state index in [0.717, 1.165) is 26.0 Å². The van der Waals surface area contributed by atoms with Crippen LogP contribution in [0.3, 0.4) is 0 Å². The summed E-state index contributed by atoms with van der Waals surface area (Å²) in [6, 6.07) is 9.77. The number of aryl methyl sites for hydroxylation is 1. The molecule has 3 nitrogen and oxygen atoms in total. The Hall–Kier alpha value is -0.900.